The second-order valence-electron chi connectivity index (χ2n) is 7.50. The van der Waals surface area contributed by atoms with E-state index in [2.05, 4.69) is 81.2 Å². The molecule has 31 heavy (non-hydrogen) atoms. The van der Waals surface area contributed by atoms with Crippen LogP contribution in [0, 0.1) is 0 Å². The Bertz CT molecular complexity index is 1330. The second kappa shape index (κ2) is 8.25. The first-order chi connectivity index (χ1) is 15.2. The quantitative estimate of drug-likeness (QED) is 0.328. The molecule has 0 aliphatic heterocycles. The number of aromatic nitrogens is 3. The van der Waals surface area contributed by atoms with Crippen LogP contribution in [-0.4, -0.2) is 21.6 Å². The number of hydrogen-bond donors (Lipinski definition) is 0. The molecule has 0 N–H and O–H groups in total. The highest BCUT2D eigenvalue weighted by molar-refractivity contribution is 6.30. The zero-order valence-corrected chi connectivity index (χ0v) is 17.9. The van der Waals surface area contributed by atoms with Crippen LogP contribution < -0.4 is 4.90 Å². The average molecular weight is 425 g/mol. The van der Waals surface area contributed by atoms with E-state index in [1.54, 1.807) is 6.33 Å². The monoisotopic (exact) mass is 424 g/mol. The summed E-state index contributed by atoms with van der Waals surface area (Å²) in [6, 6.07) is 28.6. The van der Waals surface area contributed by atoms with Crippen molar-refractivity contribution in [2.24, 2.45) is 0 Å². The number of fused-ring (bicyclic) bond motifs is 1. The second-order valence-corrected chi connectivity index (χ2v) is 7.93. The summed E-state index contributed by atoms with van der Waals surface area (Å²) in [5, 5.41) is 1.71. The summed E-state index contributed by atoms with van der Waals surface area (Å²) >= 11 is 6.29. The lowest BCUT2D eigenvalue weighted by Gasteiger charge is -2.19. The Morgan fingerprint density at radius 1 is 0.871 bits per heavy atom. The van der Waals surface area contributed by atoms with Crippen molar-refractivity contribution in [2.45, 2.75) is 6.54 Å². The van der Waals surface area contributed by atoms with E-state index in [1.165, 1.54) is 5.56 Å². The van der Waals surface area contributed by atoms with Crippen LogP contribution in [0.25, 0.3) is 27.8 Å². The molecule has 5 aromatic rings. The topological polar surface area (TPSA) is 34.0 Å². The van der Waals surface area contributed by atoms with Gasteiger partial charge in [0.2, 0.25) is 0 Å². The van der Waals surface area contributed by atoms with Gasteiger partial charge in [-0.25, -0.2) is 9.97 Å². The van der Waals surface area contributed by atoms with Gasteiger partial charge in [0.1, 0.15) is 12.1 Å². The molecule has 0 saturated heterocycles. The SMILES string of the molecule is CN(Cc1ccccc1)c1ncnc2c1c(-c1ccccc1)cn2-c1cccc(Cl)c1. The molecule has 0 amide bonds. The van der Waals surface area contributed by atoms with Crippen LogP contribution in [0.3, 0.4) is 0 Å². The third-order valence-corrected chi connectivity index (χ3v) is 5.59. The number of hydrogen-bond acceptors (Lipinski definition) is 3. The Balaban J connectivity index is 1.72. The first kappa shape index (κ1) is 19.3. The van der Waals surface area contributed by atoms with Crippen LogP contribution >= 0.6 is 11.6 Å². The summed E-state index contributed by atoms with van der Waals surface area (Å²) in [7, 11) is 2.07. The van der Waals surface area contributed by atoms with E-state index in [0.29, 0.717) is 5.02 Å². The minimum Gasteiger partial charge on any atom is -0.355 e. The summed E-state index contributed by atoms with van der Waals surface area (Å²) in [5.74, 6) is 0.897. The van der Waals surface area contributed by atoms with E-state index in [-0.39, 0.29) is 0 Å². The maximum Gasteiger partial charge on any atom is 0.150 e. The molecular weight excluding hydrogens is 404 g/mol. The normalized spacial score (nSPS) is 11.0. The fourth-order valence-electron chi connectivity index (χ4n) is 3.93. The maximum absolute atomic E-state index is 6.29. The van der Waals surface area contributed by atoms with E-state index in [0.717, 1.165) is 40.2 Å². The van der Waals surface area contributed by atoms with Crippen molar-refractivity contribution in [3.8, 4) is 16.8 Å². The van der Waals surface area contributed by atoms with Crippen molar-refractivity contribution in [3.63, 3.8) is 0 Å². The van der Waals surface area contributed by atoms with E-state index < -0.39 is 0 Å². The van der Waals surface area contributed by atoms with E-state index in [4.69, 9.17) is 11.6 Å². The van der Waals surface area contributed by atoms with Crippen molar-refractivity contribution in [1.82, 2.24) is 14.5 Å². The Kier molecular flexibility index (Phi) is 5.14. The first-order valence-electron chi connectivity index (χ1n) is 10.1. The highest BCUT2D eigenvalue weighted by Crippen LogP contribution is 2.37. The fraction of sp³-hybridized carbons (Fsp3) is 0.0769. The minimum absolute atomic E-state index is 0.691. The van der Waals surface area contributed by atoms with Gasteiger partial charge in [0.25, 0.3) is 0 Å². The predicted molar refractivity (Wildman–Crippen MR) is 128 cm³/mol. The van der Waals surface area contributed by atoms with Crippen molar-refractivity contribution >= 4 is 28.5 Å². The minimum atomic E-state index is 0.691. The van der Waals surface area contributed by atoms with Crippen LogP contribution in [0.1, 0.15) is 5.56 Å². The Morgan fingerprint density at radius 2 is 1.61 bits per heavy atom. The summed E-state index contributed by atoms with van der Waals surface area (Å²) in [6.45, 7) is 0.754. The molecular formula is C26H21ClN4. The van der Waals surface area contributed by atoms with Gasteiger partial charge in [-0.1, -0.05) is 78.3 Å². The summed E-state index contributed by atoms with van der Waals surface area (Å²) in [6.07, 6.45) is 3.76. The Hall–Kier alpha value is -3.63. The van der Waals surface area contributed by atoms with E-state index in [1.807, 2.05) is 36.4 Å². The predicted octanol–water partition coefficient (Wildman–Crippen LogP) is 6.38. The number of nitrogens with zero attached hydrogens (tertiary/aromatic N) is 4. The maximum atomic E-state index is 6.29. The molecule has 0 fully saturated rings. The highest BCUT2D eigenvalue weighted by atomic mass is 35.5. The molecule has 4 nitrogen and oxygen atoms in total. The van der Waals surface area contributed by atoms with Gasteiger partial charge in [0.05, 0.1) is 5.39 Å². The van der Waals surface area contributed by atoms with Gasteiger partial charge < -0.3 is 9.47 Å². The van der Waals surface area contributed by atoms with Crippen LogP contribution in [0.15, 0.2) is 97.5 Å². The van der Waals surface area contributed by atoms with Gasteiger partial charge in [0, 0.05) is 36.1 Å². The molecule has 0 bridgehead atoms. The van der Waals surface area contributed by atoms with Gasteiger partial charge >= 0.3 is 0 Å². The third-order valence-electron chi connectivity index (χ3n) is 5.36. The van der Waals surface area contributed by atoms with Gasteiger partial charge in [-0.15, -0.1) is 0 Å². The first-order valence-corrected chi connectivity index (χ1v) is 10.5. The lowest BCUT2D eigenvalue weighted by atomic mass is 10.1. The van der Waals surface area contributed by atoms with Gasteiger partial charge in [-0.2, -0.15) is 0 Å². The van der Waals surface area contributed by atoms with Gasteiger partial charge in [0.15, 0.2) is 5.65 Å². The van der Waals surface area contributed by atoms with Crippen LogP contribution in [0.5, 0.6) is 0 Å². The van der Waals surface area contributed by atoms with Crippen LogP contribution in [0.4, 0.5) is 5.82 Å². The number of benzene rings is 3. The third kappa shape index (κ3) is 3.78. The largest absolute Gasteiger partial charge is 0.355 e. The molecule has 5 heteroatoms. The molecule has 2 aromatic heterocycles. The smallest absolute Gasteiger partial charge is 0.150 e. The molecule has 0 saturated carbocycles. The summed E-state index contributed by atoms with van der Waals surface area (Å²) in [5.41, 5.74) is 5.26. The number of rotatable bonds is 5. The molecule has 0 radical (unpaired) electrons. The molecule has 0 aliphatic rings. The van der Waals surface area contributed by atoms with Crippen LogP contribution in [0.2, 0.25) is 5.02 Å². The van der Waals surface area contributed by atoms with Crippen molar-refractivity contribution < 1.29 is 0 Å². The molecule has 0 aliphatic carbocycles. The Morgan fingerprint density at radius 3 is 2.35 bits per heavy atom. The van der Waals surface area contributed by atoms with Crippen molar-refractivity contribution in [2.75, 3.05) is 11.9 Å². The van der Waals surface area contributed by atoms with Crippen molar-refractivity contribution in [3.05, 3.63) is 108 Å². The summed E-state index contributed by atoms with van der Waals surface area (Å²) < 4.78 is 2.09. The molecule has 0 unspecified atom stereocenters. The highest BCUT2D eigenvalue weighted by Gasteiger charge is 2.19. The molecule has 152 valence electrons. The number of halogens is 1. The van der Waals surface area contributed by atoms with E-state index >= 15 is 0 Å². The van der Waals surface area contributed by atoms with Gasteiger partial charge in [-0.05, 0) is 29.3 Å². The average Bonchev–Trinajstić information content (AvgIpc) is 3.20. The fourth-order valence-corrected chi connectivity index (χ4v) is 4.11. The standard InChI is InChI=1S/C26H21ClN4/c1-30(16-19-9-4-2-5-10-19)25-24-23(20-11-6-3-7-12-20)17-31(26(24)29-18-28-25)22-14-8-13-21(27)15-22/h2-15,17-18H,16H2,1H3. The Labute approximate surface area is 186 Å². The lowest BCUT2D eigenvalue weighted by molar-refractivity contribution is 0.899. The van der Waals surface area contributed by atoms with E-state index in [9.17, 15) is 0 Å². The summed E-state index contributed by atoms with van der Waals surface area (Å²) in [4.78, 5) is 11.5. The zero-order chi connectivity index (χ0) is 21.2. The molecule has 0 spiro atoms. The number of anilines is 1. The molecule has 2 heterocycles. The molecule has 0 atom stereocenters. The van der Waals surface area contributed by atoms with Gasteiger partial charge in [-0.3, -0.25) is 0 Å². The van der Waals surface area contributed by atoms with Crippen molar-refractivity contribution in [1.29, 1.82) is 0 Å². The molecule has 5 rings (SSSR count). The van der Waals surface area contributed by atoms with Crippen LogP contribution in [-0.2, 0) is 6.54 Å². The zero-order valence-electron chi connectivity index (χ0n) is 17.1. The lowest BCUT2D eigenvalue weighted by Crippen LogP contribution is -2.18. The molecule has 3 aromatic carbocycles.